The molecule has 2 rings (SSSR count). The summed E-state index contributed by atoms with van der Waals surface area (Å²) in [5.41, 5.74) is 6.81. The predicted molar refractivity (Wildman–Crippen MR) is 71.7 cm³/mol. The van der Waals surface area contributed by atoms with Crippen LogP contribution in [-0.2, 0) is 0 Å². The van der Waals surface area contributed by atoms with Crippen LogP contribution < -0.4 is 15.8 Å². The summed E-state index contributed by atoms with van der Waals surface area (Å²) in [6.45, 7) is 2.11. The molecule has 1 aromatic carbocycles. The highest BCUT2D eigenvalue weighted by atomic mass is 16.5. The van der Waals surface area contributed by atoms with Crippen LogP contribution in [0, 0.1) is 0 Å². The first-order chi connectivity index (χ1) is 8.62. The largest absolute Gasteiger partial charge is 0.495 e. The molecule has 1 saturated carbocycles. The predicted octanol–water partition coefficient (Wildman–Crippen LogP) is 2.34. The van der Waals surface area contributed by atoms with Gasteiger partial charge in [-0.05, 0) is 37.8 Å². The van der Waals surface area contributed by atoms with Gasteiger partial charge in [0.2, 0.25) is 0 Å². The first-order valence-corrected chi connectivity index (χ1v) is 6.37. The van der Waals surface area contributed by atoms with Crippen LogP contribution in [0.2, 0.25) is 0 Å². The van der Waals surface area contributed by atoms with E-state index >= 15 is 0 Å². The van der Waals surface area contributed by atoms with Gasteiger partial charge in [0, 0.05) is 5.54 Å². The molecule has 0 bridgehead atoms. The molecule has 0 saturated heterocycles. The number of benzene rings is 1. The summed E-state index contributed by atoms with van der Waals surface area (Å²) in [6, 6.07) is 5.27. The molecule has 98 valence electrons. The van der Waals surface area contributed by atoms with Gasteiger partial charge in [0.1, 0.15) is 5.75 Å². The van der Waals surface area contributed by atoms with Crippen LogP contribution in [0.4, 0.5) is 5.69 Å². The molecular weight excluding hydrogens is 228 g/mol. The van der Waals surface area contributed by atoms with Crippen molar-refractivity contribution in [2.75, 3.05) is 12.8 Å². The lowest BCUT2D eigenvalue weighted by molar-refractivity contribution is 0.0821. The van der Waals surface area contributed by atoms with Crippen LogP contribution in [0.1, 0.15) is 43.0 Å². The lowest BCUT2D eigenvalue weighted by atomic mass is 9.74. The Morgan fingerprint density at radius 3 is 2.72 bits per heavy atom. The Hall–Kier alpha value is -1.71. The van der Waals surface area contributed by atoms with Gasteiger partial charge in [-0.15, -0.1) is 0 Å². The number of rotatable bonds is 4. The van der Waals surface area contributed by atoms with E-state index in [1.165, 1.54) is 6.42 Å². The average Bonchev–Trinajstić information content (AvgIpc) is 2.34. The van der Waals surface area contributed by atoms with Crippen molar-refractivity contribution in [3.8, 4) is 5.75 Å². The van der Waals surface area contributed by atoms with Crippen molar-refractivity contribution in [1.82, 2.24) is 5.32 Å². The topological polar surface area (TPSA) is 64.3 Å². The number of hydrogen-bond acceptors (Lipinski definition) is 3. The minimum Gasteiger partial charge on any atom is -0.495 e. The maximum atomic E-state index is 12.3. The number of amides is 1. The van der Waals surface area contributed by atoms with E-state index in [1.54, 1.807) is 25.3 Å². The fourth-order valence-corrected chi connectivity index (χ4v) is 2.40. The first-order valence-electron chi connectivity index (χ1n) is 6.37. The van der Waals surface area contributed by atoms with E-state index < -0.39 is 0 Å². The summed E-state index contributed by atoms with van der Waals surface area (Å²) in [4.78, 5) is 12.3. The summed E-state index contributed by atoms with van der Waals surface area (Å²) in [7, 11) is 1.55. The van der Waals surface area contributed by atoms with Gasteiger partial charge in [-0.25, -0.2) is 0 Å². The summed E-state index contributed by atoms with van der Waals surface area (Å²) >= 11 is 0. The van der Waals surface area contributed by atoms with Crippen LogP contribution in [0.5, 0.6) is 5.75 Å². The molecule has 1 aliphatic rings. The van der Waals surface area contributed by atoms with Gasteiger partial charge in [-0.3, -0.25) is 4.79 Å². The minimum atomic E-state index is -0.104. The molecule has 0 radical (unpaired) electrons. The maximum absolute atomic E-state index is 12.3. The fourth-order valence-electron chi connectivity index (χ4n) is 2.40. The van der Waals surface area contributed by atoms with Gasteiger partial charge in [-0.2, -0.15) is 0 Å². The zero-order chi connectivity index (χ0) is 13.2. The molecule has 0 aliphatic heterocycles. The monoisotopic (exact) mass is 248 g/mol. The summed E-state index contributed by atoms with van der Waals surface area (Å²) in [5.74, 6) is 0.440. The Kier molecular flexibility index (Phi) is 3.45. The number of carbonyl (C=O) groups excluding carboxylic acids is 1. The zero-order valence-electron chi connectivity index (χ0n) is 11.0. The quantitative estimate of drug-likeness (QED) is 0.804. The first kappa shape index (κ1) is 12.7. The number of hydrogen-bond donors (Lipinski definition) is 2. The van der Waals surface area contributed by atoms with E-state index in [0.717, 1.165) is 19.3 Å². The molecule has 1 aliphatic carbocycles. The Bertz CT molecular complexity index is 448. The summed E-state index contributed by atoms with van der Waals surface area (Å²) < 4.78 is 5.13. The molecule has 0 unspecified atom stereocenters. The third kappa shape index (κ3) is 2.15. The normalized spacial score (nSPS) is 16.8. The van der Waals surface area contributed by atoms with E-state index in [4.69, 9.17) is 10.5 Å². The average molecular weight is 248 g/mol. The molecule has 0 spiro atoms. The van der Waals surface area contributed by atoms with Gasteiger partial charge in [0.15, 0.2) is 0 Å². The van der Waals surface area contributed by atoms with Gasteiger partial charge in [0.05, 0.1) is 18.4 Å². The molecule has 1 aromatic rings. The lowest BCUT2D eigenvalue weighted by Gasteiger charge is -2.42. The van der Waals surface area contributed by atoms with E-state index in [2.05, 4.69) is 12.2 Å². The highest BCUT2D eigenvalue weighted by Gasteiger charge is 2.36. The second-order valence-corrected chi connectivity index (χ2v) is 4.86. The molecule has 0 atom stereocenters. The molecule has 3 N–H and O–H groups in total. The third-order valence-electron chi connectivity index (χ3n) is 3.90. The number of para-hydroxylation sites is 1. The van der Waals surface area contributed by atoms with Crippen LogP contribution in [0.25, 0.3) is 0 Å². The van der Waals surface area contributed by atoms with Crippen LogP contribution in [0.15, 0.2) is 18.2 Å². The second-order valence-electron chi connectivity index (χ2n) is 4.86. The Balaban J connectivity index is 2.19. The number of nitrogens with two attached hydrogens (primary N) is 1. The number of nitrogen functional groups attached to an aromatic ring is 1. The van der Waals surface area contributed by atoms with E-state index in [1.807, 2.05) is 0 Å². The molecule has 4 nitrogen and oxygen atoms in total. The maximum Gasteiger partial charge on any atom is 0.253 e. The van der Waals surface area contributed by atoms with Gasteiger partial charge in [0.25, 0.3) is 5.91 Å². The van der Waals surface area contributed by atoms with Crippen molar-refractivity contribution in [1.29, 1.82) is 0 Å². The van der Waals surface area contributed by atoms with Gasteiger partial charge in [-0.1, -0.05) is 13.0 Å². The van der Waals surface area contributed by atoms with Crippen molar-refractivity contribution < 1.29 is 9.53 Å². The summed E-state index contributed by atoms with van der Waals surface area (Å²) in [5, 5.41) is 3.11. The number of methoxy groups -OCH3 is 1. The molecule has 18 heavy (non-hydrogen) atoms. The summed E-state index contributed by atoms with van der Waals surface area (Å²) in [6.07, 6.45) is 4.25. The van der Waals surface area contributed by atoms with Gasteiger partial charge >= 0.3 is 0 Å². The number of nitrogens with one attached hydrogen (secondary N) is 1. The smallest absolute Gasteiger partial charge is 0.253 e. The van der Waals surface area contributed by atoms with Crippen LogP contribution >= 0.6 is 0 Å². The van der Waals surface area contributed by atoms with E-state index in [0.29, 0.717) is 17.0 Å². The van der Waals surface area contributed by atoms with Crippen molar-refractivity contribution in [2.45, 2.75) is 38.1 Å². The zero-order valence-corrected chi connectivity index (χ0v) is 11.0. The number of anilines is 1. The standard InChI is InChI=1S/C14H20N2O2/c1-3-14(8-5-9-14)16-13(17)10-6-4-7-11(18-2)12(10)15/h4,6-7H,3,5,8-9,15H2,1-2H3,(H,16,17). The molecule has 1 fully saturated rings. The number of ether oxygens (including phenoxy) is 1. The van der Waals surface area contributed by atoms with Crippen molar-refractivity contribution >= 4 is 11.6 Å². The molecule has 0 aromatic heterocycles. The Morgan fingerprint density at radius 2 is 2.22 bits per heavy atom. The molecular formula is C14H20N2O2. The van der Waals surface area contributed by atoms with E-state index in [-0.39, 0.29) is 11.4 Å². The SMILES string of the molecule is CCC1(NC(=O)c2cccc(OC)c2N)CCC1. The Morgan fingerprint density at radius 1 is 1.50 bits per heavy atom. The molecule has 4 heteroatoms. The third-order valence-corrected chi connectivity index (χ3v) is 3.90. The Labute approximate surface area is 108 Å². The fraction of sp³-hybridized carbons (Fsp3) is 0.500. The second kappa shape index (κ2) is 4.88. The minimum absolute atomic E-state index is 0.0212. The number of carbonyl (C=O) groups is 1. The highest BCUT2D eigenvalue weighted by Crippen LogP contribution is 2.35. The van der Waals surface area contributed by atoms with Crippen molar-refractivity contribution in [2.24, 2.45) is 0 Å². The van der Waals surface area contributed by atoms with Crippen LogP contribution in [-0.4, -0.2) is 18.6 Å². The van der Waals surface area contributed by atoms with E-state index in [9.17, 15) is 4.79 Å². The van der Waals surface area contributed by atoms with Crippen LogP contribution in [0.3, 0.4) is 0 Å². The lowest BCUT2D eigenvalue weighted by Crippen LogP contribution is -2.53. The van der Waals surface area contributed by atoms with Gasteiger partial charge < -0.3 is 15.8 Å². The molecule has 0 heterocycles. The molecule has 1 amide bonds. The van der Waals surface area contributed by atoms with Crippen molar-refractivity contribution in [3.63, 3.8) is 0 Å². The highest BCUT2D eigenvalue weighted by molar-refractivity contribution is 6.00. The van der Waals surface area contributed by atoms with Crippen molar-refractivity contribution in [3.05, 3.63) is 23.8 Å².